The van der Waals surface area contributed by atoms with Gasteiger partial charge in [-0.15, -0.1) is 11.3 Å². The molecule has 1 radical (unpaired) electrons. The summed E-state index contributed by atoms with van der Waals surface area (Å²) < 4.78 is 8.20. The fourth-order valence-corrected chi connectivity index (χ4v) is 5.35. The van der Waals surface area contributed by atoms with Crippen LogP contribution in [0.3, 0.4) is 0 Å². The second-order valence-corrected chi connectivity index (χ2v) is 9.64. The summed E-state index contributed by atoms with van der Waals surface area (Å²) in [5, 5.41) is 3.82. The number of hydrogen-bond acceptors (Lipinski definition) is 3. The van der Waals surface area contributed by atoms with Gasteiger partial charge in [-0.05, 0) is 70.6 Å². The van der Waals surface area contributed by atoms with Gasteiger partial charge in [0.2, 0.25) is 5.91 Å². The SMILES string of the molecule is NC(=O)c1cccc2c1c1[c]cc(-c3cccs3)cc1n2Cc1ccc(OCc2ccccc2)cc1. The molecule has 0 saturated carbocycles. The predicted octanol–water partition coefficient (Wildman–Crippen LogP) is 7.05. The third-order valence-corrected chi connectivity index (χ3v) is 7.30. The van der Waals surface area contributed by atoms with Crippen LogP contribution < -0.4 is 10.5 Å². The average Bonchev–Trinajstić information content (AvgIpc) is 3.56. The van der Waals surface area contributed by atoms with Gasteiger partial charge in [0.25, 0.3) is 0 Å². The Morgan fingerprint density at radius 3 is 2.47 bits per heavy atom. The number of carbonyl (C=O) groups is 1. The smallest absolute Gasteiger partial charge is 0.249 e. The van der Waals surface area contributed by atoms with Crippen LogP contribution >= 0.6 is 11.3 Å². The summed E-state index contributed by atoms with van der Waals surface area (Å²) in [5.41, 5.74) is 11.6. The molecule has 5 heteroatoms. The number of rotatable bonds is 7. The molecule has 0 atom stereocenters. The molecular weight excluding hydrogens is 464 g/mol. The van der Waals surface area contributed by atoms with Gasteiger partial charge >= 0.3 is 0 Å². The standard InChI is InChI=1S/C31H23N2O2S/c32-31(34)26-8-4-9-27-30(26)25-16-13-23(29-10-5-17-36-29)18-28(25)33(27)19-21-11-14-24(15-12-21)35-20-22-6-2-1-3-7-22/h1-15,17-18H,19-20H2,(H2,32,34). The third-order valence-electron chi connectivity index (χ3n) is 6.38. The maximum absolute atomic E-state index is 12.3. The van der Waals surface area contributed by atoms with Crippen molar-refractivity contribution in [3.63, 3.8) is 0 Å². The number of primary amides is 1. The van der Waals surface area contributed by atoms with E-state index in [1.807, 2.05) is 54.6 Å². The van der Waals surface area contributed by atoms with Gasteiger partial charge in [0.05, 0.1) is 11.0 Å². The molecule has 0 aliphatic heterocycles. The Balaban J connectivity index is 1.39. The second kappa shape index (κ2) is 9.36. The lowest BCUT2D eigenvalue weighted by atomic mass is 10.0. The summed E-state index contributed by atoms with van der Waals surface area (Å²) in [4.78, 5) is 13.4. The van der Waals surface area contributed by atoms with Gasteiger partial charge in [-0.2, -0.15) is 0 Å². The maximum Gasteiger partial charge on any atom is 0.249 e. The average molecular weight is 488 g/mol. The Morgan fingerprint density at radius 2 is 1.72 bits per heavy atom. The molecule has 0 spiro atoms. The van der Waals surface area contributed by atoms with Crippen molar-refractivity contribution in [3.05, 3.63) is 125 Å². The Bertz CT molecular complexity index is 1670. The molecule has 6 rings (SSSR count). The first-order chi connectivity index (χ1) is 17.7. The number of aromatic nitrogens is 1. The highest BCUT2D eigenvalue weighted by molar-refractivity contribution is 7.13. The van der Waals surface area contributed by atoms with Crippen LogP contribution in [0.5, 0.6) is 5.75 Å². The molecule has 0 unspecified atom stereocenters. The number of amides is 1. The minimum absolute atomic E-state index is 0.435. The summed E-state index contributed by atoms with van der Waals surface area (Å²) in [6, 6.07) is 35.8. The molecule has 0 aliphatic carbocycles. The van der Waals surface area contributed by atoms with Gasteiger partial charge in [-0.1, -0.05) is 54.6 Å². The number of benzene rings is 4. The van der Waals surface area contributed by atoms with Gasteiger partial charge in [0.1, 0.15) is 12.4 Å². The van der Waals surface area contributed by atoms with Crippen LogP contribution in [0.2, 0.25) is 0 Å². The van der Waals surface area contributed by atoms with E-state index in [1.165, 1.54) is 4.88 Å². The molecular formula is C31H23N2O2S. The molecule has 0 saturated heterocycles. The molecule has 4 nitrogen and oxygen atoms in total. The summed E-state index contributed by atoms with van der Waals surface area (Å²) in [6.45, 7) is 1.17. The summed E-state index contributed by atoms with van der Waals surface area (Å²) in [6.07, 6.45) is 0. The lowest BCUT2D eigenvalue weighted by Gasteiger charge is -2.11. The summed E-state index contributed by atoms with van der Waals surface area (Å²) >= 11 is 1.70. The van der Waals surface area contributed by atoms with Crippen LogP contribution in [0.15, 0.2) is 102 Å². The van der Waals surface area contributed by atoms with Gasteiger partial charge in [-0.3, -0.25) is 4.79 Å². The number of carbonyl (C=O) groups excluding carboxylic acids is 1. The van der Waals surface area contributed by atoms with Gasteiger partial charge in [-0.25, -0.2) is 0 Å². The van der Waals surface area contributed by atoms with Crippen molar-refractivity contribution in [2.45, 2.75) is 13.2 Å². The van der Waals surface area contributed by atoms with Crippen LogP contribution in [0.1, 0.15) is 21.5 Å². The van der Waals surface area contributed by atoms with Crippen molar-refractivity contribution < 1.29 is 9.53 Å². The molecule has 2 heterocycles. The predicted molar refractivity (Wildman–Crippen MR) is 146 cm³/mol. The van der Waals surface area contributed by atoms with Crippen molar-refractivity contribution in [1.82, 2.24) is 4.57 Å². The minimum atomic E-state index is -0.435. The summed E-state index contributed by atoms with van der Waals surface area (Å²) in [5.74, 6) is 0.393. The van der Waals surface area contributed by atoms with E-state index in [0.29, 0.717) is 18.7 Å². The minimum Gasteiger partial charge on any atom is -0.489 e. The molecule has 2 N–H and O–H groups in total. The van der Waals surface area contributed by atoms with Crippen molar-refractivity contribution in [2.24, 2.45) is 5.73 Å². The third kappa shape index (κ3) is 4.14. The van der Waals surface area contributed by atoms with E-state index in [0.717, 1.165) is 44.2 Å². The van der Waals surface area contributed by atoms with Gasteiger partial charge in [0.15, 0.2) is 0 Å². The van der Waals surface area contributed by atoms with Crippen molar-refractivity contribution in [3.8, 4) is 16.2 Å². The molecule has 175 valence electrons. The van der Waals surface area contributed by atoms with E-state index in [-0.39, 0.29) is 0 Å². The highest BCUT2D eigenvalue weighted by Gasteiger charge is 2.17. The first-order valence-corrected chi connectivity index (χ1v) is 12.6. The molecule has 1 amide bonds. The maximum atomic E-state index is 12.3. The van der Waals surface area contributed by atoms with Crippen LogP contribution in [0.4, 0.5) is 0 Å². The van der Waals surface area contributed by atoms with Gasteiger partial charge in [0, 0.05) is 27.8 Å². The Hall–Kier alpha value is -4.35. The topological polar surface area (TPSA) is 57.2 Å². The van der Waals surface area contributed by atoms with E-state index in [2.05, 4.69) is 52.4 Å². The lowest BCUT2D eigenvalue weighted by Crippen LogP contribution is -2.11. The molecule has 0 bridgehead atoms. The lowest BCUT2D eigenvalue weighted by molar-refractivity contribution is 0.100. The zero-order chi connectivity index (χ0) is 24.5. The van der Waals surface area contributed by atoms with Crippen molar-refractivity contribution in [1.29, 1.82) is 0 Å². The van der Waals surface area contributed by atoms with Gasteiger partial charge < -0.3 is 15.0 Å². The normalized spacial score (nSPS) is 11.2. The van der Waals surface area contributed by atoms with Crippen LogP contribution in [0.25, 0.3) is 32.2 Å². The number of nitrogens with two attached hydrogens (primary N) is 1. The van der Waals surface area contributed by atoms with Crippen LogP contribution in [-0.2, 0) is 13.2 Å². The number of hydrogen-bond donors (Lipinski definition) is 1. The molecule has 2 aromatic heterocycles. The first kappa shape index (κ1) is 22.1. The zero-order valence-electron chi connectivity index (χ0n) is 19.5. The number of nitrogens with zero attached hydrogens (tertiary/aromatic N) is 1. The molecule has 0 fully saturated rings. The molecule has 6 aromatic rings. The van der Waals surface area contributed by atoms with E-state index < -0.39 is 5.91 Å². The number of thiophene rings is 1. The van der Waals surface area contributed by atoms with Crippen LogP contribution in [-0.4, -0.2) is 10.5 Å². The fourth-order valence-electron chi connectivity index (χ4n) is 4.63. The molecule has 4 aromatic carbocycles. The highest BCUT2D eigenvalue weighted by atomic mass is 32.1. The number of ether oxygens (including phenoxy) is 1. The van der Waals surface area contributed by atoms with Crippen molar-refractivity contribution >= 4 is 39.0 Å². The van der Waals surface area contributed by atoms with E-state index in [4.69, 9.17) is 10.5 Å². The first-order valence-electron chi connectivity index (χ1n) is 11.7. The summed E-state index contributed by atoms with van der Waals surface area (Å²) in [7, 11) is 0. The van der Waals surface area contributed by atoms with Crippen LogP contribution in [0, 0.1) is 6.07 Å². The molecule has 0 aliphatic rings. The Kier molecular flexibility index (Phi) is 5.76. The largest absolute Gasteiger partial charge is 0.489 e. The Morgan fingerprint density at radius 1 is 0.889 bits per heavy atom. The monoisotopic (exact) mass is 487 g/mol. The fraction of sp³-hybridized carbons (Fsp3) is 0.0645. The van der Waals surface area contributed by atoms with E-state index in [9.17, 15) is 4.79 Å². The zero-order valence-corrected chi connectivity index (χ0v) is 20.3. The highest BCUT2D eigenvalue weighted by Crippen LogP contribution is 2.35. The second-order valence-electron chi connectivity index (χ2n) is 8.69. The van der Waals surface area contributed by atoms with E-state index >= 15 is 0 Å². The van der Waals surface area contributed by atoms with Crippen molar-refractivity contribution in [2.75, 3.05) is 0 Å². The Labute approximate surface area is 213 Å². The quantitative estimate of drug-likeness (QED) is 0.262. The van der Waals surface area contributed by atoms with E-state index in [1.54, 1.807) is 17.4 Å². The number of fused-ring (bicyclic) bond motifs is 3. The molecule has 36 heavy (non-hydrogen) atoms.